The summed E-state index contributed by atoms with van der Waals surface area (Å²) in [5.74, 6) is -1.33. The highest BCUT2D eigenvalue weighted by Crippen LogP contribution is 2.04. The second kappa shape index (κ2) is 6.56. The van der Waals surface area contributed by atoms with Crippen molar-refractivity contribution < 1.29 is 14.7 Å². The van der Waals surface area contributed by atoms with Crippen LogP contribution in [0.25, 0.3) is 0 Å². The van der Waals surface area contributed by atoms with Crippen molar-refractivity contribution in [1.29, 1.82) is 0 Å². The number of aliphatic carboxylic acids is 1. The van der Waals surface area contributed by atoms with E-state index in [2.05, 4.69) is 10.3 Å². The number of amides is 1. The molecule has 2 aromatic rings. The van der Waals surface area contributed by atoms with Gasteiger partial charge in [-0.25, -0.2) is 4.79 Å². The SMILES string of the molecule is O=C(Cc1cc[nH]c1)N[C@@H](Cc1ccccc1)C(=O)O. The predicted molar refractivity (Wildman–Crippen MR) is 74.2 cm³/mol. The Bertz CT molecular complexity index is 564. The van der Waals surface area contributed by atoms with E-state index in [1.54, 1.807) is 18.5 Å². The highest BCUT2D eigenvalue weighted by atomic mass is 16.4. The molecule has 104 valence electrons. The Morgan fingerprint density at radius 2 is 1.90 bits per heavy atom. The number of carbonyl (C=O) groups is 2. The van der Waals surface area contributed by atoms with Gasteiger partial charge in [-0.1, -0.05) is 30.3 Å². The Morgan fingerprint density at radius 3 is 2.50 bits per heavy atom. The van der Waals surface area contributed by atoms with Gasteiger partial charge >= 0.3 is 5.97 Å². The van der Waals surface area contributed by atoms with Crippen LogP contribution in [-0.2, 0) is 22.4 Å². The molecule has 0 fully saturated rings. The van der Waals surface area contributed by atoms with Gasteiger partial charge in [0.2, 0.25) is 5.91 Å². The van der Waals surface area contributed by atoms with Gasteiger partial charge < -0.3 is 15.4 Å². The summed E-state index contributed by atoms with van der Waals surface area (Å²) in [5, 5.41) is 11.7. The van der Waals surface area contributed by atoms with Crippen molar-refractivity contribution in [2.75, 3.05) is 0 Å². The number of carbonyl (C=O) groups excluding carboxylic acids is 1. The Hall–Kier alpha value is -2.56. The lowest BCUT2D eigenvalue weighted by Gasteiger charge is -2.14. The second-order valence-electron chi connectivity index (χ2n) is 4.54. The van der Waals surface area contributed by atoms with Crippen LogP contribution in [0.1, 0.15) is 11.1 Å². The lowest BCUT2D eigenvalue weighted by atomic mass is 10.1. The molecule has 0 unspecified atom stereocenters. The molecular weight excluding hydrogens is 256 g/mol. The van der Waals surface area contributed by atoms with Crippen LogP contribution in [0.5, 0.6) is 0 Å². The molecule has 5 heteroatoms. The standard InChI is InChI=1S/C15H16N2O3/c18-14(9-12-6-7-16-10-12)17-13(15(19)20)8-11-4-2-1-3-5-11/h1-7,10,13,16H,8-9H2,(H,17,18)(H,19,20)/t13-/m0/s1. The summed E-state index contributed by atoms with van der Waals surface area (Å²) >= 11 is 0. The molecule has 1 aromatic carbocycles. The van der Waals surface area contributed by atoms with Gasteiger partial charge in [-0.05, 0) is 17.2 Å². The van der Waals surface area contributed by atoms with Gasteiger partial charge in [-0.3, -0.25) is 4.79 Å². The summed E-state index contributed by atoms with van der Waals surface area (Å²) in [6.07, 6.45) is 3.88. The number of carboxylic acid groups (broad SMARTS) is 1. The Kier molecular flexibility index (Phi) is 4.55. The minimum absolute atomic E-state index is 0.169. The first kappa shape index (κ1) is 13.9. The van der Waals surface area contributed by atoms with Crippen molar-refractivity contribution in [2.45, 2.75) is 18.9 Å². The minimum atomic E-state index is -1.03. The Labute approximate surface area is 116 Å². The molecule has 0 bridgehead atoms. The number of aromatic amines is 1. The van der Waals surface area contributed by atoms with Gasteiger partial charge in [-0.2, -0.15) is 0 Å². The van der Waals surface area contributed by atoms with E-state index in [0.717, 1.165) is 11.1 Å². The lowest BCUT2D eigenvalue weighted by Crippen LogP contribution is -2.42. The molecule has 1 heterocycles. The fraction of sp³-hybridized carbons (Fsp3) is 0.200. The largest absolute Gasteiger partial charge is 0.480 e. The van der Waals surface area contributed by atoms with Gasteiger partial charge in [0.05, 0.1) is 6.42 Å². The molecule has 3 N–H and O–H groups in total. The van der Waals surface area contributed by atoms with Gasteiger partial charge in [0.15, 0.2) is 0 Å². The molecule has 0 saturated carbocycles. The topological polar surface area (TPSA) is 82.2 Å². The first-order valence-corrected chi connectivity index (χ1v) is 6.33. The van der Waals surface area contributed by atoms with E-state index in [9.17, 15) is 14.7 Å². The van der Waals surface area contributed by atoms with Gasteiger partial charge in [0, 0.05) is 18.8 Å². The third-order valence-electron chi connectivity index (χ3n) is 2.94. The highest BCUT2D eigenvalue weighted by molar-refractivity contribution is 5.85. The fourth-order valence-electron chi connectivity index (χ4n) is 1.95. The maximum atomic E-state index is 11.8. The number of H-pyrrole nitrogens is 1. The number of hydrogen-bond donors (Lipinski definition) is 3. The monoisotopic (exact) mass is 272 g/mol. The van der Waals surface area contributed by atoms with Crippen LogP contribution in [0.3, 0.4) is 0 Å². The van der Waals surface area contributed by atoms with Crippen LogP contribution in [0, 0.1) is 0 Å². The number of aromatic nitrogens is 1. The van der Waals surface area contributed by atoms with Crippen LogP contribution >= 0.6 is 0 Å². The van der Waals surface area contributed by atoms with Crippen molar-refractivity contribution >= 4 is 11.9 Å². The van der Waals surface area contributed by atoms with Crippen LogP contribution in [0.4, 0.5) is 0 Å². The number of benzene rings is 1. The van der Waals surface area contributed by atoms with Gasteiger partial charge in [0.1, 0.15) is 6.04 Å². The first-order chi connectivity index (χ1) is 9.65. The zero-order valence-corrected chi connectivity index (χ0v) is 10.9. The fourth-order valence-corrected chi connectivity index (χ4v) is 1.95. The first-order valence-electron chi connectivity index (χ1n) is 6.33. The normalized spacial score (nSPS) is 11.8. The van der Waals surface area contributed by atoms with Crippen molar-refractivity contribution in [2.24, 2.45) is 0 Å². The summed E-state index contributed by atoms with van der Waals surface area (Å²) in [7, 11) is 0. The lowest BCUT2D eigenvalue weighted by molar-refractivity contribution is -0.141. The number of hydrogen-bond acceptors (Lipinski definition) is 2. The molecule has 0 aliphatic carbocycles. The van der Waals surface area contributed by atoms with E-state index >= 15 is 0 Å². The van der Waals surface area contributed by atoms with Gasteiger partial charge in [-0.15, -0.1) is 0 Å². The summed E-state index contributed by atoms with van der Waals surface area (Å²) < 4.78 is 0. The molecule has 0 saturated heterocycles. The summed E-state index contributed by atoms with van der Waals surface area (Å²) in [6.45, 7) is 0. The second-order valence-corrected chi connectivity index (χ2v) is 4.54. The van der Waals surface area contributed by atoms with Crippen LogP contribution in [0.15, 0.2) is 48.8 Å². The summed E-state index contributed by atoms with van der Waals surface area (Å²) in [6, 6.07) is 10.1. The highest BCUT2D eigenvalue weighted by Gasteiger charge is 2.20. The maximum absolute atomic E-state index is 11.8. The third-order valence-corrected chi connectivity index (χ3v) is 2.94. The number of carboxylic acids is 1. The van der Waals surface area contributed by atoms with Crippen molar-refractivity contribution in [3.05, 3.63) is 59.9 Å². The van der Waals surface area contributed by atoms with Crippen molar-refractivity contribution in [3.8, 4) is 0 Å². The summed E-state index contributed by atoms with van der Waals surface area (Å²) in [5.41, 5.74) is 1.70. The molecule has 5 nitrogen and oxygen atoms in total. The molecule has 0 radical (unpaired) electrons. The van der Waals surface area contributed by atoms with Crippen molar-refractivity contribution in [1.82, 2.24) is 10.3 Å². The molecule has 2 rings (SSSR count). The van der Waals surface area contributed by atoms with Crippen LogP contribution in [0.2, 0.25) is 0 Å². The average molecular weight is 272 g/mol. The van der Waals surface area contributed by atoms with E-state index in [-0.39, 0.29) is 18.7 Å². The maximum Gasteiger partial charge on any atom is 0.326 e. The molecule has 1 aromatic heterocycles. The van der Waals surface area contributed by atoms with E-state index < -0.39 is 12.0 Å². The van der Waals surface area contributed by atoms with Crippen LogP contribution in [-0.4, -0.2) is 28.0 Å². The Morgan fingerprint density at radius 1 is 1.15 bits per heavy atom. The quantitative estimate of drug-likeness (QED) is 0.742. The van der Waals surface area contributed by atoms with Crippen molar-refractivity contribution in [3.63, 3.8) is 0 Å². The average Bonchev–Trinajstić information content (AvgIpc) is 2.92. The van der Waals surface area contributed by atoms with Crippen LogP contribution < -0.4 is 5.32 Å². The van der Waals surface area contributed by atoms with E-state index in [1.165, 1.54) is 0 Å². The molecule has 1 amide bonds. The van der Waals surface area contributed by atoms with E-state index in [1.807, 2.05) is 30.3 Å². The molecule has 0 spiro atoms. The molecule has 0 aliphatic rings. The van der Waals surface area contributed by atoms with Gasteiger partial charge in [0.25, 0.3) is 0 Å². The number of rotatable bonds is 6. The van der Waals surface area contributed by atoms with E-state index in [4.69, 9.17) is 0 Å². The predicted octanol–water partition coefficient (Wildman–Crippen LogP) is 1.37. The summed E-state index contributed by atoms with van der Waals surface area (Å²) in [4.78, 5) is 25.9. The van der Waals surface area contributed by atoms with E-state index in [0.29, 0.717) is 0 Å². The molecule has 20 heavy (non-hydrogen) atoms. The molecular formula is C15H16N2O3. The third kappa shape index (κ3) is 3.98. The zero-order chi connectivity index (χ0) is 14.4. The Balaban J connectivity index is 1.95. The smallest absolute Gasteiger partial charge is 0.326 e. The number of nitrogens with one attached hydrogen (secondary N) is 2. The molecule has 1 atom stereocenters. The molecule has 0 aliphatic heterocycles. The zero-order valence-electron chi connectivity index (χ0n) is 10.9. The minimum Gasteiger partial charge on any atom is -0.480 e.